The van der Waals surface area contributed by atoms with Crippen LogP contribution in [-0.2, 0) is 16.0 Å². The molecule has 3 rings (SSSR count). The number of nitrogens with zero attached hydrogens (tertiary/aromatic N) is 2. The van der Waals surface area contributed by atoms with Crippen LogP contribution in [0.3, 0.4) is 0 Å². The number of halogens is 2. The van der Waals surface area contributed by atoms with Crippen molar-refractivity contribution in [1.29, 1.82) is 5.26 Å². The molecule has 5 nitrogen and oxygen atoms in total. The lowest BCUT2D eigenvalue weighted by atomic mass is 10.0. The minimum Gasteiger partial charge on any atom is -0.348 e. The van der Waals surface area contributed by atoms with Crippen molar-refractivity contribution in [3.05, 3.63) is 86.9 Å². The van der Waals surface area contributed by atoms with E-state index in [1.165, 1.54) is 22.7 Å². The molecule has 0 bridgehead atoms. The smallest absolute Gasteiger partial charge is 0.264 e. The number of thioether (sulfide) groups is 1. The second-order valence-electron chi connectivity index (χ2n) is 7.76. The van der Waals surface area contributed by atoms with Crippen LogP contribution in [0.1, 0.15) is 30.9 Å². The van der Waals surface area contributed by atoms with E-state index in [2.05, 4.69) is 25.7 Å². The Morgan fingerprint density at radius 2 is 1.97 bits per heavy atom. The summed E-state index contributed by atoms with van der Waals surface area (Å²) in [6.45, 7) is 7.96. The Bertz CT molecular complexity index is 1150. The summed E-state index contributed by atoms with van der Waals surface area (Å²) in [4.78, 5) is 27.7. The highest BCUT2D eigenvalue weighted by Crippen LogP contribution is 2.42. The first kappa shape index (κ1) is 24.9. The fraction of sp³-hybridized carbons (Fsp3) is 0.240. The Kier molecular flexibility index (Phi) is 8.25. The number of nitrogens with one attached hydrogen (secondary N) is 1. The summed E-state index contributed by atoms with van der Waals surface area (Å²) in [6.07, 6.45) is 1.86. The second kappa shape index (κ2) is 10.9. The molecule has 1 N–H and O–H groups in total. The van der Waals surface area contributed by atoms with E-state index in [0.717, 1.165) is 11.1 Å². The summed E-state index contributed by atoms with van der Waals surface area (Å²) >= 11 is 13.5. The molecule has 2 aromatic rings. The molecule has 0 radical (unpaired) electrons. The molecule has 0 spiro atoms. The summed E-state index contributed by atoms with van der Waals surface area (Å²) in [6, 6.07) is 14.7. The molecule has 8 heteroatoms. The van der Waals surface area contributed by atoms with Gasteiger partial charge in [-0.2, -0.15) is 5.26 Å². The summed E-state index contributed by atoms with van der Waals surface area (Å²) in [5.41, 5.74) is 2.36. The third kappa shape index (κ3) is 5.62. The molecular formula is C25H23Cl2N3O2S. The first-order valence-electron chi connectivity index (χ1n) is 10.3. The average Bonchev–Trinajstić information content (AvgIpc) is 3.10. The molecule has 0 aromatic heterocycles. The van der Waals surface area contributed by atoms with Gasteiger partial charge in [-0.3, -0.25) is 14.5 Å². The average molecular weight is 500 g/mol. The van der Waals surface area contributed by atoms with Gasteiger partial charge < -0.3 is 5.32 Å². The number of carbonyl (C=O) groups excluding carboxylic acids is 2. The van der Waals surface area contributed by atoms with Crippen molar-refractivity contribution >= 4 is 52.5 Å². The van der Waals surface area contributed by atoms with Gasteiger partial charge in [0.05, 0.1) is 5.25 Å². The summed E-state index contributed by atoms with van der Waals surface area (Å²) in [5, 5.41) is 13.1. The Morgan fingerprint density at radius 1 is 1.27 bits per heavy atom. The number of anilines is 1. The molecule has 1 saturated heterocycles. The Labute approximate surface area is 208 Å². The van der Waals surface area contributed by atoms with Crippen molar-refractivity contribution in [2.24, 2.45) is 0 Å². The number of hydrogen-bond acceptors (Lipinski definition) is 4. The van der Waals surface area contributed by atoms with Crippen LogP contribution < -0.4 is 10.2 Å². The number of rotatable bonds is 7. The van der Waals surface area contributed by atoms with Crippen molar-refractivity contribution in [3.63, 3.8) is 0 Å². The van der Waals surface area contributed by atoms with Gasteiger partial charge in [-0.15, -0.1) is 6.58 Å². The Morgan fingerprint density at radius 3 is 2.55 bits per heavy atom. The molecule has 1 fully saturated rings. The Balaban J connectivity index is 2.04. The highest BCUT2D eigenvalue weighted by atomic mass is 35.5. The molecule has 2 amide bonds. The highest BCUT2D eigenvalue weighted by molar-refractivity contribution is 8.05. The zero-order valence-electron chi connectivity index (χ0n) is 18.3. The number of amides is 2. The third-order valence-corrected chi connectivity index (χ3v) is 7.00. The van der Waals surface area contributed by atoms with E-state index in [4.69, 9.17) is 23.2 Å². The van der Waals surface area contributed by atoms with Crippen LogP contribution in [0.2, 0.25) is 10.0 Å². The van der Waals surface area contributed by atoms with Crippen molar-refractivity contribution < 1.29 is 9.59 Å². The summed E-state index contributed by atoms with van der Waals surface area (Å²) in [5.74, 6) is -0.443. The first-order valence-corrected chi connectivity index (χ1v) is 12.0. The largest absolute Gasteiger partial charge is 0.348 e. The minimum atomic E-state index is -0.556. The number of benzene rings is 2. The van der Waals surface area contributed by atoms with Gasteiger partial charge in [-0.25, -0.2) is 0 Å². The van der Waals surface area contributed by atoms with E-state index < -0.39 is 11.2 Å². The lowest BCUT2D eigenvalue weighted by Gasteiger charge is -2.19. The van der Waals surface area contributed by atoms with Gasteiger partial charge in [-0.1, -0.05) is 73.1 Å². The van der Waals surface area contributed by atoms with E-state index in [-0.39, 0.29) is 18.0 Å². The van der Waals surface area contributed by atoms with Gasteiger partial charge in [0, 0.05) is 22.3 Å². The van der Waals surface area contributed by atoms with Gasteiger partial charge in [0.2, 0.25) is 5.91 Å². The van der Waals surface area contributed by atoms with Gasteiger partial charge in [0.1, 0.15) is 16.7 Å². The monoisotopic (exact) mass is 499 g/mol. The Hall–Kier alpha value is -2.72. The molecular weight excluding hydrogens is 477 g/mol. The first-order chi connectivity index (χ1) is 15.8. The normalized spacial score (nSPS) is 17.2. The maximum atomic E-state index is 13.5. The molecule has 1 unspecified atom stereocenters. The van der Waals surface area contributed by atoms with Gasteiger partial charge >= 0.3 is 0 Å². The molecule has 33 heavy (non-hydrogen) atoms. The zero-order valence-corrected chi connectivity index (χ0v) is 20.6. The predicted molar refractivity (Wildman–Crippen MR) is 135 cm³/mol. The third-order valence-electron chi connectivity index (χ3n) is 5.15. The van der Waals surface area contributed by atoms with E-state index in [9.17, 15) is 14.9 Å². The van der Waals surface area contributed by atoms with Crippen LogP contribution in [-0.4, -0.2) is 23.6 Å². The van der Waals surface area contributed by atoms with Gasteiger partial charge in [0.25, 0.3) is 5.91 Å². The van der Waals surface area contributed by atoms with E-state index >= 15 is 0 Å². The van der Waals surface area contributed by atoms with E-state index in [1.54, 1.807) is 18.2 Å². The van der Waals surface area contributed by atoms with Gasteiger partial charge in [-0.05, 0) is 47.7 Å². The standard InChI is InChI=1S/C25H23Cl2N3O2S/c1-4-11-29-23(31)20(14-28)25-30(19-9-6-16(7-10-19)15(2)3)24(32)22(33-25)12-17-5-8-18(26)13-21(17)27/h4-10,13,15,22H,1,11-12H2,2-3H3,(H,29,31)/b25-20-. The van der Waals surface area contributed by atoms with Crippen LogP contribution in [0.5, 0.6) is 0 Å². The number of hydrogen-bond donors (Lipinski definition) is 1. The molecule has 0 saturated carbocycles. The van der Waals surface area contributed by atoms with Crippen LogP contribution in [0.25, 0.3) is 0 Å². The van der Waals surface area contributed by atoms with Crippen LogP contribution >= 0.6 is 35.0 Å². The SMILES string of the molecule is C=CCNC(=O)/C(C#N)=C1\SC(Cc2ccc(Cl)cc2Cl)C(=O)N1c1ccc(C(C)C)cc1. The molecule has 2 aromatic carbocycles. The maximum absolute atomic E-state index is 13.5. The minimum absolute atomic E-state index is 0.118. The summed E-state index contributed by atoms with van der Waals surface area (Å²) < 4.78 is 0. The van der Waals surface area contributed by atoms with Crippen molar-refractivity contribution in [3.8, 4) is 6.07 Å². The van der Waals surface area contributed by atoms with Crippen LogP contribution in [0.4, 0.5) is 5.69 Å². The fourth-order valence-corrected chi connectivity index (χ4v) is 5.15. The predicted octanol–water partition coefficient (Wildman–Crippen LogP) is 5.85. The second-order valence-corrected chi connectivity index (χ2v) is 9.79. The van der Waals surface area contributed by atoms with Crippen molar-refractivity contribution in [2.75, 3.05) is 11.4 Å². The zero-order chi connectivity index (χ0) is 24.1. The fourth-order valence-electron chi connectivity index (χ4n) is 3.37. The lowest BCUT2D eigenvalue weighted by molar-refractivity contribution is -0.117. The van der Waals surface area contributed by atoms with Crippen molar-refractivity contribution in [2.45, 2.75) is 31.4 Å². The topological polar surface area (TPSA) is 73.2 Å². The highest BCUT2D eigenvalue weighted by Gasteiger charge is 2.41. The molecule has 1 atom stereocenters. The van der Waals surface area contributed by atoms with Crippen LogP contribution in [0.15, 0.2) is 65.7 Å². The molecule has 1 heterocycles. The quantitative estimate of drug-likeness (QED) is 0.294. The van der Waals surface area contributed by atoms with Crippen LogP contribution in [0, 0.1) is 11.3 Å². The molecule has 170 valence electrons. The van der Waals surface area contributed by atoms with Crippen molar-refractivity contribution in [1.82, 2.24) is 5.32 Å². The molecule has 1 aliphatic heterocycles. The van der Waals surface area contributed by atoms with E-state index in [0.29, 0.717) is 33.1 Å². The lowest BCUT2D eigenvalue weighted by Crippen LogP contribution is -2.32. The number of carbonyl (C=O) groups is 2. The van der Waals surface area contributed by atoms with Gasteiger partial charge in [0.15, 0.2) is 0 Å². The molecule has 1 aliphatic rings. The maximum Gasteiger partial charge on any atom is 0.264 e. The molecule has 0 aliphatic carbocycles. The summed E-state index contributed by atoms with van der Waals surface area (Å²) in [7, 11) is 0. The number of nitriles is 1. The van der Waals surface area contributed by atoms with E-state index in [1.807, 2.05) is 30.3 Å².